The molecule has 1 amide bonds. The summed E-state index contributed by atoms with van der Waals surface area (Å²) in [6.45, 7) is 0. The molecule has 0 bridgehead atoms. The number of rotatable bonds is 2. The van der Waals surface area contributed by atoms with Crippen LogP contribution in [0.25, 0.3) is 6.08 Å². The second-order valence-corrected chi connectivity index (χ2v) is 4.91. The molecule has 3 rings (SSSR count). The van der Waals surface area contributed by atoms with Gasteiger partial charge in [-0.25, -0.2) is 9.29 Å². The van der Waals surface area contributed by atoms with Crippen molar-refractivity contribution in [2.24, 2.45) is 7.05 Å². The number of anilines is 1. The van der Waals surface area contributed by atoms with Gasteiger partial charge >= 0.3 is 0 Å². The zero-order chi connectivity index (χ0) is 15.0. The van der Waals surface area contributed by atoms with Crippen molar-refractivity contribution < 1.29 is 9.18 Å². The molecule has 1 aliphatic heterocycles. The van der Waals surface area contributed by atoms with Crippen LogP contribution in [-0.2, 0) is 11.8 Å². The van der Waals surface area contributed by atoms with E-state index in [0.29, 0.717) is 0 Å². The average molecular weight is 302 g/mol. The zero-order valence-electron chi connectivity index (χ0n) is 11.1. The number of thiocarbonyl (C=S) groups is 1. The normalized spacial score (nSPS) is 16.7. The molecule has 1 fully saturated rings. The highest BCUT2D eigenvalue weighted by Crippen LogP contribution is 2.24. The van der Waals surface area contributed by atoms with E-state index in [-0.39, 0.29) is 16.5 Å². The summed E-state index contributed by atoms with van der Waals surface area (Å²) in [6, 6.07) is 6.00. The monoisotopic (exact) mass is 302 g/mol. The third-order valence-electron chi connectivity index (χ3n) is 3.01. The minimum atomic E-state index is -0.502. The van der Waals surface area contributed by atoms with Crippen molar-refractivity contribution in [3.8, 4) is 0 Å². The Kier molecular flexibility index (Phi) is 3.26. The molecule has 0 radical (unpaired) electrons. The molecule has 5 nitrogen and oxygen atoms in total. The van der Waals surface area contributed by atoms with Gasteiger partial charge < -0.3 is 5.32 Å². The van der Waals surface area contributed by atoms with E-state index < -0.39 is 11.7 Å². The number of benzene rings is 1. The fourth-order valence-electron chi connectivity index (χ4n) is 2.07. The molecule has 106 valence electrons. The Morgan fingerprint density at radius 3 is 2.81 bits per heavy atom. The van der Waals surface area contributed by atoms with Gasteiger partial charge in [0, 0.05) is 18.8 Å². The first kappa shape index (κ1) is 13.4. The van der Waals surface area contributed by atoms with Crippen LogP contribution in [0.4, 0.5) is 10.1 Å². The summed E-state index contributed by atoms with van der Waals surface area (Å²) in [5, 5.41) is 6.98. The van der Waals surface area contributed by atoms with Crippen LogP contribution in [0.5, 0.6) is 0 Å². The smallest absolute Gasteiger partial charge is 0.281 e. The molecule has 2 heterocycles. The predicted molar refractivity (Wildman–Crippen MR) is 80.8 cm³/mol. The highest BCUT2D eigenvalue weighted by molar-refractivity contribution is 7.80. The second kappa shape index (κ2) is 5.10. The number of nitrogens with one attached hydrogen (secondary N) is 1. The van der Waals surface area contributed by atoms with Gasteiger partial charge in [-0.15, -0.1) is 0 Å². The summed E-state index contributed by atoms with van der Waals surface area (Å²) in [5.41, 5.74) is 1.18. The van der Waals surface area contributed by atoms with Crippen LogP contribution in [0.15, 0.2) is 42.4 Å². The van der Waals surface area contributed by atoms with Crippen LogP contribution in [0, 0.1) is 5.82 Å². The summed E-state index contributed by atoms with van der Waals surface area (Å²) in [4.78, 5) is 13.5. The Morgan fingerprint density at radius 2 is 2.14 bits per heavy atom. The van der Waals surface area contributed by atoms with Gasteiger partial charge in [-0.2, -0.15) is 5.10 Å². The fourth-order valence-corrected chi connectivity index (χ4v) is 2.36. The first-order valence-electron chi connectivity index (χ1n) is 6.16. The van der Waals surface area contributed by atoms with Crippen molar-refractivity contribution in [3.05, 3.63) is 53.7 Å². The molecular formula is C14H11FN4OS. The fraction of sp³-hybridized carbons (Fsp3) is 0.0714. The van der Waals surface area contributed by atoms with Gasteiger partial charge in [-0.3, -0.25) is 9.48 Å². The maximum absolute atomic E-state index is 13.8. The number of carbonyl (C=O) groups is 1. The summed E-state index contributed by atoms with van der Waals surface area (Å²) in [6.07, 6.45) is 5.01. The van der Waals surface area contributed by atoms with Gasteiger partial charge in [-0.05, 0) is 30.4 Å². The minimum Gasteiger partial charge on any atom is -0.327 e. The van der Waals surface area contributed by atoms with Crippen LogP contribution in [0.3, 0.4) is 0 Å². The van der Waals surface area contributed by atoms with E-state index in [0.717, 1.165) is 10.5 Å². The molecule has 0 saturated carbocycles. The summed E-state index contributed by atoms with van der Waals surface area (Å²) in [7, 11) is 1.78. The molecule has 1 aliphatic rings. The molecule has 2 aromatic rings. The van der Waals surface area contributed by atoms with Crippen LogP contribution in [0.1, 0.15) is 5.56 Å². The maximum Gasteiger partial charge on any atom is 0.281 e. The van der Waals surface area contributed by atoms with Gasteiger partial charge in [0.1, 0.15) is 11.5 Å². The molecule has 0 spiro atoms. The Morgan fingerprint density at radius 1 is 1.38 bits per heavy atom. The lowest BCUT2D eigenvalue weighted by Crippen LogP contribution is -2.31. The van der Waals surface area contributed by atoms with Crippen molar-refractivity contribution in [3.63, 3.8) is 0 Å². The first-order chi connectivity index (χ1) is 10.1. The molecule has 7 heteroatoms. The molecule has 1 saturated heterocycles. The minimum absolute atomic E-state index is 0.134. The maximum atomic E-state index is 13.8. The lowest BCUT2D eigenvalue weighted by Gasteiger charge is -2.14. The van der Waals surface area contributed by atoms with Crippen LogP contribution in [0.2, 0.25) is 0 Å². The number of nitrogens with zero attached hydrogens (tertiary/aromatic N) is 3. The molecule has 0 aliphatic carbocycles. The summed E-state index contributed by atoms with van der Waals surface area (Å²) >= 11 is 5.12. The third kappa shape index (κ3) is 2.43. The number of hydrogen-bond donors (Lipinski definition) is 1. The van der Waals surface area contributed by atoms with Gasteiger partial charge in [0.25, 0.3) is 5.91 Å². The van der Waals surface area contributed by atoms with Crippen molar-refractivity contribution >= 4 is 35.0 Å². The van der Waals surface area contributed by atoms with E-state index in [2.05, 4.69) is 10.4 Å². The quantitative estimate of drug-likeness (QED) is 0.679. The van der Waals surface area contributed by atoms with Crippen molar-refractivity contribution in [2.45, 2.75) is 0 Å². The molecule has 1 aromatic heterocycles. The average Bonchev–Trinajstić information content (AvgIpc) is 2.96. The lowest BCUT2D eigenvalue weighted by atomic mass is 10.2. The Hall–Kier alpha value is -2.54. The highest BCUT2D eigenvalue weighted by Gasteiger charge is 2.33. The van der Waals surface area contributed by atoms with Crippen molar-refractivity contribution in [2.75, 3.05) is 4.90 Å². The van der Waals surface area contributed by atoms with Crippen molar-refractivity contribution in [1.82, 2.24) is 15.1 Å². The van der Waals surface area contributed by atoms with Gasteiger partial charge in [0.15, 0.2) is 5.11 Å². The van der Waals surface area contributed by atoms with E-state index in [4.69, 9.17) is 12.2 Å². The molecule has 1 N–H and O–H groups in total. The van der Waals surface area contributed by atoms with Crippen molar-refractivity contribution in [1.29, 1.82) is 0 Å². The Bertz CT molecular complexity index is 768. The van der Waals surface area contributed by atoms with Gasteiger partial charge in [0.05, 0.1) is 11.9 Å². The highest BCUT2D eigenvalue weighted by atomic mass is 32.1. The SMILES string of the molecule is Cn1cc(/C=C2\NC(=S)N(c3ccccc3F)C2=O)cn1. The number of aromatic nitrogens is 2. The van der Waals surface area contributed by atoms with Gasteiger partial charge in [-0.1, -0.05) is 12.1 Å². The Labute approximate surface area is 125 Å². The summed E-state index contributed by atoms with van der Waals surface area (Å²) in [5.74, 6) is -0.897. The molecule has 0 atom stereocenters. The molecule has 1 aromatic carbocycles. The lowest BCUT2D eigenvalue weighted by molar-refractivity contribution is -0.113. The number of hydrogen-bond acceptors (Lipinski definition) is 3. The number of carbonyl (C=O) groups excluding carboxylic acids is 1. The summed E-state index contributed by atoms with van der Waals surface area (Å²) < 4.78 is 15.5. The van der Waals surface area contributed by atoms with E-state index in [1.807, 2.05) is 0 Å². The zero-order valence-corrected chi connectivity index (χ0v) is 11.9. The van der Waals surface area contributed by atoms with Crippen LogP contribution in [-0.4, -0.2) is 20.8 Å². The number of halogens is 1. The van der Waals surface area contributed by atoms with Gasteiger partial charge in [0.2, 0.25) is 0 Å². The standard InChI is InChI=1S/C14H11FN4OS/c1-18-8-9(7-16-18)6-11-13(20)19(14(21)17-11)12-5-3-2-4-10(12)15/h2-8H,1H3,(H,17,21)/b11-6-. The molecule has 0 unspecified atom stereocenters. The molecule has 21 heavy (non-hydrogen) atoms. The molecular weight excluding hydrogens is 291 g/mol. The Balaban J connectivity index is 1.96. The van der Waals surface area contributed by atoms with Crippen LogP contribution < -0.4 is 10.2 Å². The van der Waals surface area contributed by atoms with Crippen LogP contribution >= 0.6 is 12.2 Å². The number of aryl methyl sites for hydroxylation is 1. The van der Waals surface area contributed by atoms with E-state index >= 15 is 0 Å². The van der Waals surface area contributed by atoms with E-state index in [1.54, 1.807) is 42.3 Å². The largest absolute Gasteiger partial charge is 0.327 e. The third-order valence-corrected chi connectivity index (χ3v) is 3.29. The predicted octanol–water partition coefficient (Wildman–Crippen LogP) is 1.82. The van der Waals surface area contributed by atoms with E-state index in [9.17, 15) is 9.18 Å². The first-order valence-corrected chi connectivity index (χ1v) is 6.57. The van der Waals surface area contributed by atoms with E-state index in [1.165, 1.54) is 12.1 Å². The topological polar surface area (TPSA) is 50.2 Å². The second-order valence-electron chi connectivity index (χ2n) is 4.53. The number of amides is 1. The number of para-hydroxylation sites is 1.